The van der Waals surface area contributed by atoms with Crippen molar-refractivity contribution >= 4 is 11.5 Å². The fourth-order valence-electron chi connectivity index (χ4n) is 3.91. The molecule has 0 saturated carbocycles. The molecule has 9 heteroatoms. The lowest BCUT2D eigenvalue weighted by atomic mass is 10.1. The molecule has 1 unspecified atom stereocenters. The van der Waals surface area contributed by atoms with Crippen molar-refractivity contribution in [1.29, 1.82) is 0 Å². The number of nitrogens with two attached hydrogens (primary N) is 1. The van der Waals surface area contributed by atoms with Crippen molar-refractivity contribution in [2.24, 2.45) is 4.99 Å². The van der Waals surface area contributed by atoms with Gasteiger partial charge >= 0.3 is 0 Å². The average Bonchev–Trinajstić information content (AvgIpc) is 2.83. The molecule has 0 aromatic heterocycles. The normalized spacial score (nSPS) is 15.6. The maximum Gasteiger partial charge on any atom is 0.259 e. The number of anilines is 1. The van der Waals surface area contributed by atoms with Crippen LogP contribution in [-0.2, 0) is 6.54 Å². The van der Waals surface area contributed by atoms with Gasteiger partial charge in [-0.2, -0.15) is 0 Å². The first-order valence-corrected chi connectivity index (χ1v) is 11.9. The lowest BCUT2D eigenvalue weighted by molar-refractivity contribution is -0.463. The van der Waals surface area contributed by atoms with Crippen LogP contribution in [0.25, 0.3) is 0 Å². The van der Waals surface area contributed by atoms with E-state index < -0.39 is 17.6 Å². The Bertz CT molecular complexity index is 929. The molecule has 184 valence electrons. The Morgan fingerprint density at radius 1 is 1.21 bits per heavy atom. The van der Waals surface area contributed by atoms with Crippen LogP contribution in [0.15, 0.2) is 53.5 Å². The molecule has 1 aliphatic rings. The van der Waals surface area contributed by atoms with Crippen molar-refractivity contribution in [1.82, 2.24) is 10.2 Å². The summed E-state index contributed by atoms with van der Waals surface area (Å²) < 4.78 is 5.88. The molecule has 4 N–H and O–H groups in total. The average molecular weight is 470 g/mol. The summed E-state index contributed by atoms with van der Waals surface area (Å²) in [5.74, 6) is 1.07. The Hall–Kier alpha value is -3.17. The van der Waals surface area contributed by atoms with Crippen LogP contribution in [-0.4, -0.2) is 60.1 Å². The lowest BCUT2D eigenvalue weighted by Crippen LogP contribution is -2.32. The third kappa shape index (κ3) is 8.99. The molecule has 2 aromatic rings. The van der Waals surface area contributed by atoms with Crippen LogP contribution in [0, 0.1) is 10.1 Å². The van der Waals surface area contributed by atoms with Gasteiger partial charge in [-0.1, -0.05) is 30.7 Å². The van der Waals surface area contributed by atoms with Gasteiger partial charge in [0.05, 0.1) is 19.3 Å². The van der Waals surface area contributed by atoms with Crippen LogP contribution < -0.4 is 15.8 Å². The van der Waals surface area contributed by atoms with Gasteiger partial charge in [-0.3, -0.25) is 20.0 Å². The number of aliphatic hydroxyl groups excluding tert-OH is 1. The maximum absolute atomic E-state index is 11.0. The number of likely N-dealkylation sites (tertiary alicyclic amines) is 1. The molecule has 1 aliphatic heterocycles. The molecule has 1 atom stereocenters. The number of nitro groups is 1. The quantitative estimate of drug-likeness (QED) is 0.109. The zero-order valence-corrected chi connectivity index (χ0v) is 19.6. The number of amidine groups is 1. The van der Waals surface area contributed by atoms with E-state index in [2.05, 4.69) is 27.3 Å². The molecule has 1 fully saturated rings. The number of nitrogen functional groups attached to an aromatic ring is 1. The van der Waals surface area contributed by atoms with Gasteiger partial charge in [0.15, 0.2) is 5.84 Å². The minimum absolute atomic E-state index is 0.0282. The highest BCUT2D eigenvalue weighted by atomic mass is 16.6. The van der Waals surface area contributed by atoms with Gasteiger partial charge in [-0.25, -0.2) is 0 Å². The fraction of sp³-hybridized carbons (Fsp3) is 0.480. The predicted octanol–water partition coefficient (Wildman–Crippen LogP) is 3.02. The molecule has 1 saturated heterocycles. The SMILES string of the molecule is Nc1ccc(C(O)CN=C(C[N+](=O)[O-])NCCCOc2cccc(CN3CCCCC3)c2)cc1. The lowest BCUT2D eigenvalue weighted by Gasteiger charge is -2.26. The van der Waals surface area contributed by atoms with Gasteiger partial charge in [0.25, 0.3) is 6.54 Å². The van der Waals surface area contributed by atoms with Crippen molar-refractivity contribution in [3.8, 4) is 5.75 Å². The number of rotatable bonds is 12. The number of hydrogen-bond acceptors (Lipinski definition) is 7. The largest absolute Gasteiger partial charge is 0.494 e. The van der Waals surface area contributed by atoms with Crippen molar-refractivity contribution < 1.29 is 14.8 Å². The summed E-state index contributed by atoms with van der Waals surface area (Å²) in [5.41, 5.74) is 8.17. The highest BCUT2D eigenvalue weighted by molar-refractivity contribution is 5.83. The highest BCUT2D eigenvalue weighted by Crippen LogP contribution is 2.18. The zero-order valence-electron chi connectivity index (χ0n) is 19.6. The van der Waals surface area contributed by atoms with Crippen molar-refractivity contribution in [2.75, 3.05) is 45.1 Å². The molecule has 0 aliphatic carbocycles. The van der Waals surface area contributed by atoms with Gasteiger partial charge in [-0.05, 0) is 67.7 Å². The van der Waals surface area contributed by atoms with Crippen LogP contribution in [0.4, 0.5) is 5.69 Å². The molecule has 0 radical (unpaired) electrons. The second-order valence-corrected chi connectivity index (χ2v) is 8.57. The van der Waals surface area contributed by atoms with Crippen LogP contribution in [0.3, 0.4) is 0 Å². The standard InChI is InChI=1S/C25H35N5O4/c26-22-10-8-21(9-11-22)24(31)17-28-25(19-30(32)33)27-12-5-15-34-23-7-4-6-20(16-23)18-29-13-2-1-3-14-29/h4,6-11,16,24,31H,1-3,5,12-15,17-19,26H2,(H,27,28). The summed E-state index contributed by atoms with van der Waals surface area (Å²) in [5, 5.41) is 24.3. The van der Waals surface area contributed by atoms with Crippen LogP contribution in [0.2, 0.25) is 0 Å². The van der Waals surface area contributed by atoms with E-state index in [1.54, 1.807) is 24.3 Å². The van der Waals surface area contributed by atoms with E-state index in [4.69, 9.17) is 10.5 Å². The highest BCUT2D eigenvalue weighted by Gasteiger charge is 2.12. The number of benzene rings is 2. The second kappa shape index (κ2) is 13.5. The van der Waals surface area contributed by atoms with E-state index in [1.807, 2.05) is 12.1 Å². The molecule has 0 amide bonds. The molecule has 34 heavy (non-hydrogen) atoms. The Labute approximate surface area is 200 Å². The molecule has 0 bridgehead atoms. The Kier molecular flexibility index (Phi) is 10.1. The number of aliphatic hydroxyl groups is 1. The van der Waals surface area contributed by atoms with Crippen molar-refractivity contribution in [3.63, 3.8) is 0 Å². The smallest absolute Gasteiger partial charge is 0.259 e. The number of hydrogen-bond donors (Lipinski definition) is 3. The Balaban J connectivity index is 1.42. The van der Waals surface area contributed by atoms with Gasteiger partial charge in [0, 0.05) is 23.7 Å². The summed E-state index contributed by atoms with van der Waals surface area (Å²) in [7, 11) is 0. The van der Waals surface area contributed by atoms with Gasteiger partial charge < -0.3 is 20.9 Å². The van der Waals surface area contributed by atoms with Crippen molar-refractivity contribution in [3.05, 3.63) is 69.8 Å². The topological polar surface area (TPSA) is 126 Å². The molecule has 0 spiro atoms. The summed E-state index contributed by atoms with van der Waals surface area (Å²) in [4.78, 5) is 17.3. The number of aliphatic imine (C=N–C) groups is 1. The fourth-order valence-corrected chi connectivity index (χ4v) is 3.91. The minimum Gasteiger partial charge on any atom is -0.494 e. The summed E-state index contributed by atoms with van der Waals surface area (Å²) in [6, 6.07) is 15.0. The monoisotopic (exact) mass is 469 g/mol. The van der Waals surface area contributed by atoms with E-state index in [1.165, 1.54) is 24.8 Å². The summed E-state index contributed by atoms with van der Waals surface area (Å²) in [6.45, 7) is 3.83. The van der Waals surface area contributed by atoms with Crippen LogP contribution in [0.1, 0.15) is 42.9 Å². The van der Waals surface area contributed by atoms with Crippen LogP contribution >= 0.6 is 0 Å². The summed E-state index contributed by atoms with van der Waals surface area (Å²) >= 11 is 0. The van der Waals surface area contributed by atoms with E-state index in [0.29, 0.717) is 30.8 Å². The summed E-state index contributed by atoms with van der Waals surface area (Å²) in [6.07, 6.45) is 3.67. The first-order chi connectivity index (χ1) is 16.5. The van der Waals surface area contributed by atoms with Gasteiger partial charge in [0.1, 0.15) is 5.75 Å². The van der Waals surface area contributed by atoms with E-state index in [9.17, 15) is 15.2 Å². The first-order valence-electron chi connectivity index (χ1n) is 11.9. The molecular formula is C25H35N5O4. The van der Waals surface area contributed by atoms with Gasteiger partial charge in [0.2, 0.25) is 0 Å². The molecule has 1 heterocycles. The molecular weight excluding hydrogens is 434 g/mol. The number of nitrogens with one attached hydrogen (secondary N) is 1. The minimum atomic E-state index is -0.857. The molecule has 3 rings (SSSR count). The number of ether oxygens (including phenoxy) is 1. The Morgan fingerprint density at radius 2 is 1.97 bits per heavy atom. The molecule has 9 nitrogen and oxygen atoms in total. The molecule has 2 aromatic carbocycles. The maximum atomic E-state index is 11.0. The number of piperidine rings is 1. The first kappa shape index (κ1) is 25.5. The zero-order chi connectivity index (χ0) is 24.2. The number of nitrogens with zero attached hydrogens (tertiary/aromatic N) is 3. The second-order valence-electron chi connectivity index (χ2n) is 8.57. The van der Waals surface area contributed by atoms with E-state index in [0.717, 1.165) is 25.4 Å². The van der Waals surface area contributed by atoms with E-state index in [-0.39, 0.29) is 12.4 Å². The third-order valence-electron chi connectivity index (χ3n) is 5.73. The van der Waals surface area contributed by atoms with Crippen LogP contribution in [0.5, 0.6) is 5.75 Å². The predicted molar refractivity (Wildman–Crippen MR) is 134 cm³/mol. The Morgan fingerprint density at radius 3 is 2.71 bits per heavy atom. The third-order valence-corrected chi connectivity index (χ3v) is 5.73. The van der Waals surface area contributed by atoms with Crippen molar-refractivity contribution in [2.45, 2.75) is 38.3 Å². The van der Waals surface area contributed by atoms with Gasteiger partial charge in [-0.15, -0.1) is 0 Å². The van der Waals surface area contributed by atoms with E-state index >= 15 is 0 Å².